The summed E-state index contributed by atoms with van der Waals surface area (Å²) >= 11 is 1.67. The fourth-order valence-corrected chi connectivity index (χ4v) is 5.00. The van der Waals surface area contributed by atoms with Gasteiger partial charge in [0.2, 0.25) is 0 Å². The van der Waals surface area contributed by atoms with Crippen molar-refractivity contribution in [2.75, 3.05) is 13.1 Å². The van der Waals surface area contributed by atoms with Gasteiger partial charge in [-0.15, -0.1) is 11.3 Å². The number of pyridine rings is 1. The molecule has 3 aromatic rings. The van der Waals surface area contributed by atoms with Crippen molar-refractivity contribution in [3.05, 3.63) is 46.0 Å². The van der Waals surface area contributed by atoms with Crippen molar-refractivity contribution in [3.8, 4) is 17.2 Å². The first-order valence-corrected chi connectivity index (χ1v) is 9.29. The standard InChI is InChI=1S/C20H15N5S/c1-11-15(14-5-3-13(9-21)4-6-14)12(2)24-20-16(11)17-18(26-20)19-22-7-8-25(19)10-23-17/h3-6,10H,7-8H2,1-2H3. The third-order valence-electron chi connectivity index (χ3n) is 4.95. The molecule has 0 bridgehead atoms. The molecule has 0 spiro atoms. The Bertz CT molecular complexity index is 1160. The molecule has 126 valence electrons. The second-order valence-corrected chi connectivity index (χ2v) is 7.49. The lowest BCUT2D eigenvalue weighted by molar-refractivity contribution is 0.682. The highest BCUT2D eigenvalue weighted by molar-refractivity contribution is 7.21. The smallest absolute Gasteiger partial charge is 0.148 e. The van der Waals surface area contributed by atoms with Gasteiger partial charge in [-0.3, -0.25) is 4.99 Å². The molecule has 5 rings (SSSR count). The summed E-state index contributed by atoms with van der Waals surface area (Å²) in [5.74, 6) is 1.02. The average Bonchev–Trinajstić information content (AvgIpc) is 3.25. The number of hydrogen-bond acceptors (Lipinski definition) is 6. The maximum absolute atomic E-state index is 9.04. The van der Waals surface area contributed by atoms with Crippen molar-refractivity contribution >= 4 is 39.4 Å². The van der Waals surface area contributed by atoms with E-state index in [4.69, 9.17) is 15.2 Å². The Morgan fingerprint density at radius 1 is 1.19 bits per heavy atom. The predicted octanol–water partition coefficient (Wildman–Crippen LogP) is 4.19. The van der Waals surface area contributed by atoms with Crippen LogP contribution in [0.1, 0.15) is 21.7 Å². The van der Waals surface area contributed by atoms with E-state index in [9.17, 15) is 0 Å². The highest BCUT2D eigenvalue weighted by atomic mass is 32.1. The number of benzene rings is 1. The molecule has 0 atom stereocenters. The largest absolute Gasteiger partial charge is 0.314 e. The molecular formula is C20H15N5S. The van der Waals surface area contributed by atoms with Gasteiger partial charge >= 0.3 is 0 Å². The van der Waals surface area contributed by atoms with Gasteiger partial charge in [0.1, 0.15) is 10.7 Å². The van der Waals surface area contributed by atoms with Crippen LogP contribution in [0.2, 0.25) is 0 Å². The molecule has 4 heterocycles. The summed E-state index contributed by atoms with van der Waals surface area (Å²) < 4.78 is 0. The van der Waals surface area contributed by atoms with Crippen molar-refractivity contribution in [1.29, 1.82) is 5.26 Å². The van der Waals surface area contributed by atoms with E-state index in [1.54, 1.807) is 11.3 Å². The summed E-state index contributed by atoms with van der Waals surface area (Å²) in [6.45, 7) is 5.89. The number of nitriles is 1. The number of fused-ring (bicyclic) bond motifs is 5. The summed E-state index contributed by atoms with van der Waals surface area (Å²) in [6, 6.07) is 9.86. The zero-order valence-electron chi connectivity index (χ0n) is 14.4. The third kappa shape index (κ3) is 2.04. The highest BCUT2D eigenvalue weighted by Crippen LogP contribution is 2.44. The Hall–Kier alpha value is -3.04. The van der Waals surface area contributed by atoms with Crippen LogP contribution in [-0.4, -0.2) is 35.1 Å². The monoisotopic (exact) mass is 357 g/mol. The average molecular weight is 357 g/mol. The minimum absolute atomic E-state index is 0.662. The molecule has 1 aromatic carbocycles. The van der Waals surface area contributed by atoms with Crippen LogP contribution in [0.4, 0.5) is 5.69 Å². The fourth-order valence-electron chi connectivity index (χ4n) is 3.75. The Balaban J connectivity index is 1.77. The molecule has 0 radical (unpaired) electrons. The first-order valence-electron chi connectivity index (χ1n) is 8.47. The first-order chi connectivity index (χ1) is 12.7. The molecule has 0 aliphatic carbocycles. The molecule has 0 unspecified atom stereocenters. The topological polar surface area (TPSA) is 64.6 Å². The van der Waals surface area contributed by atoms with E-state index in [1.165, 1.54) is 5.56 Å². The van der Waals surface area contributed by atoms with Crippen LogP contribution in [0, 0.1) is 25.2 Å². The number of aromatic nitrogens is 1. The molecule has 0 fully saturated rings. The van der Waals surface area contributed by atoms with Gasteiger partial charge in [0.15, 0.2) is 0 Å². The fraction of sp³-hybridized carbons (Fsp3) is 0.200. The van der Waals surface area contributed by atoms with Crippen LogP contribution < -0.4 is 0 Å². The molecule has 0 N–H and O–H groups in total. The number of thiophene rings is 1. The summed E-state index contributed by atoms with van der Waals surface area (Å²) in [6.07, 6.45) is 1.89. The minimum atomic E-state index is 0.662. The molecule has 2 aromatic heterocycles. The number of nitrogens with zero attached hydrogens (tertiary/aromatic N) is 5. The van der Waals surface area contributed by atoms with E-state index >= 15 is 0 Å². The van der Waals surface area contributed by atoms with Crippen molar-refractivity contribution in [2.45, 2.75) is 13.8 Å². The molecular weight excluding hydrogens is 342 g/mol. The Morgan fingerprint density at radius 2 is 2.00 bits per heavy atom. The Morgan fingerprint density at radius 3 is 2.77 bits per heavy atom. The molecule has 2 aliphatic heterocycles. The van der Waals surface area contributed by atoms with E-state index in [0.29, 0.717) is 5.56 Å². The van der Waals surface area contributed by atoms with Gasteiger partial charge < -0.3 is 4.90 Å². The lowest BCUT2D eigenvalue weighted by atomic mass is 9.96. The molecule has 5 nitrogen and oxygen atoms in total. The second-order valence-electron chi connectivity index (χ2n) is 6.49. The van der Waals surface area contributed by atoms with Crippen LogP contribution >= 0.6 is 11.3 Å². The van der Waals surface area contributed by atoms with E-state index < -0.39 is 0 Å². The van der Waals surface area contributed by atoms with Gasteiger partial charge in [-0.2, -0.15) is 5.26 Å². The van der Waals surface area contributed by atoms with Crippen LogP contribution in [0.25, 0.3) is 21.3 Å². The Labute approximate surface area is 155 Å². The molecule has 2 aliphatic rings. The van der Waals surface area contributed by atoms with Gasteiger partial charge in [-0.1, -0.05) is 12.1 Å². The third-order valence-corrected chi connectivity index (χ3v) is 6.02. The minimum Gasteiger partial charge on any atom is -0.314 e. The maximum Gasteiger partial charge on any atom is 0.148 e. The SMILES string of the molecule is Cc1nc2sc3c(c2c(C)c1-c1ccc(C#N)cc1)N=CN1CCN=C31. The van der Waals surface area contributed by atoms with Gasteiger partial charge in [0.05, 0.1) is 35.1 Å². The number of amidine groups is 1. The van der Waals surface area contributed by atoms with E-state index in [0.717, 1.165) is 56.5 Å². The second kappa shape index (κ2) is 5.48. The Kier molecular flexibility index (Phi) is 3.21. The normalized spacial score (nSPS) is 15.0. The van der Waals surface area contributed by atoms with E-state index in [1.807, 2.05) is 37.5 Å². The van der Waals surface area contributed by atoms with Gasteiger partial charge in [0.25, 0.3) is 0 Å². The first kappa shape index (κ1) is 15.2. The van der Waals surface area contributed by atoms with Gasteiger partial charge in [-0.25, -0.2) is 9.98 Å². The molecule has 0 amide bonds. The zero-order valence-corrected chi connectivity index (χ0v) is 15.3. The van der Waals surface area contributed by atoms with Crippen LogP contribution in [-0.2, 0) is 0 Å². The van der Waals surface area contributed by atoms with Crippen LogP contribution in [0.5, 0.6) is 0 Å². The van der Waals surface area contributed by atoms with Crippen molar-refractivity contribution in [2.24, 2.45) is 9.98 Å². The van der Waals surface area contributed by atoms with Gasteiger partial charge in [-0.05, 0) is 37.1 Å². The van der Waals surface area contributed by atoms with Crippen molar-refractivity contribution in [3.63, 3.8) is 0 Å². The predicted molar refractivity (Wildman–Crippen MR) is 106 cm³/mol. The lowest BCUT2D eigenvalue weighted by Gasteiger charge is -2.18. The van der Waals surface area contributed by atoms with Crippen LogP contribution in [0.15, 0.2) is 34.3 Å². The molecule has 6 heteroatoms. The number of hydrogen-bond donors (Lipinski definition) is 0. The summed E-state index contributed by atoms with van der Waals surface area (Å²) in [5.41, 5.74) is 6.02. The molecule has 0 saturated carbocycles. The summed E-state index contributed by atoms with van der Waals surface area (Å²) in [7, 11) is 0. The van der Waals surface area contributed by atoms with E-state index in [2.05, 4.69) is 22.9 Å². The highest BCUT2D eigenvalue weighted by Gasteiger charge is 2.29. The summed E-state index contributed by atoms with van der Waals surface area (Å²) in [4.78, 5) is 18.5. The lowest BCUT2D eigenvalue weighted by Crippen LogP contribution is -2.28. The summed E-state index contributed by atoms with van der Waals surface area (Å²) in [5, 5.41) is 10.1. The number of aryl methyl sites for hydroxylation is 2. The number of aliphatic imine (C=N–C) groups is 2. The zero-order chi connectivity index (χ0) is 17.8. The van der Waals surface area contributed by atoms with Crippen LogP contribution in [0.3, 0.4) is 0 Å². The molecule has 26 heavy (non-hydrogen) atoms. The molecule has 0 saturated heterocycles. The number of rotatable bonds is 1. The quantitative estimate of drug-likeness (QED) is 0.656. The van der Waals surface area contributed by atoms with E-state index in [-0.39, 0.29) is 0 Å². The maximum atomic E-state index is 9.04. The van der Waals surface area contributed by atoms with Crippen molar-refractivity contribution < 1.29 is 0 Å². The van der Waals surface area contributed by atoms with Gasteiger partial charge in [0, 0.05) is 23.2 Å². The van der Waals surface area contributed by atoms with Crippen molar-refractivity contribution in [1.82, 2.24) is 9.88 Å².